The Morgan fingerprint density at radius 2 is 1.50 bits per heavy atom. The predicted octanol–water partition coefficient (Wildman–Crippen LogP) is 2.91. The molecule has 18 heavy (non-hydrogen) atoms. The first-order valence-corrected chi connectivity index (χ1v) is 6.66. The third-order valence-electron chi connectivity index (χ3n) is 3.44. The normalized spacial score (nSPS) is 16.8. The molecule has 1 saturated heterocycles. The van der Waals surface area contributed by atoms with Crippen molar-refractivity contribution in [3.8, 4) is 0 Å². The minimum Gasteiger partial charge on any atom is -0.339 e. The van der Waals surface area contributed by atoms with E-state index >= 15 is 0 Å². The van der Waals surface area contributed by atoms with Gasteiger partial charge in [0.2, 0.25) is 0 Å². The van der Waals surface area contributed by atoms with Crippen molar-refractivity contribution in [3.05, 3.63) is 35.4 Å². The van der Waals surface area contributed by atoms with Gasteiger partial charge in [-0.2, -0.15) is 0 Å². The number of amides is 1. The van der Waals surface area contributed by atoms with Gasteiger partial charge in [-0.15, -0.1) is 0 Å². The first-order valence-electron chi connectivity index (χ1n) is 6.66. The molecule has 0 aromatic heterocycles. The van der Waals surface area contributed by atoms with E-state index in [-0.39, 0.29) is 5.91 Å². The average molecular weight is 245 g/mol. The molecule has 1 aromatic rings. The highest BCUT2D eigenvalue weighted by molar-refractivity contribution is 5.94. The summed E-state index contributed by atoms with van der Waals surface area (Å²) < 4.78 is 0. The van der Waals surface area contributed by atoms with E-state index in [1.54, 1.807) is 24.3 Å². The molecular formula is C15H19NO2. The zero-order valence-electron chi connectivity index (χ0n) is 10.6. The van der Waals surface area contributed by atoms with E-state index in [2.05, 4.69) is 0 Å². The molecule has 3 heteroatoms. The topological polar surface area (TPSA) is 37.4 Å². The van der Waals surface area contributed by atoms with Crippen LogP contribution >= 0.6 is 0 Å². The number of likely N-dealkylation sites (tertiary alicyclic amines) is 1. The van der Waals surface area contributed by atoms with Crippen LogP contribution in [0.1, 0.15) is 52.8 Å². The molecule has 0 radical (unpaired) electrons. The quantitative estimate of drug-likeness (QED) is 0.751. The van der Waals surface area contributed by atoms with Gasteiger partial charge in [-0.1, -0.05) is 31.4 Å². The SMILES string of the molecule is O=Cc1ccc(C(=O)N2CCCCCCC2)cc1. The molecular weight excluding hydrogens is 226 g/mol. The van der Waals surface area contributed by atoms with E-state index in [0.29, 0.717) is 11.1 Å². The van der Waals surface area contributed by atoms with Gasteiger partial charge in [0.05, 0.1) is 0 Å². The summed E-state index contributed by atoms with van der Waals surface area (Å²) in [6.07, 6.45) is 6.71. The van der Waals surface area contributed by atoms with Gasteiger partial charge in [0.25, 0.3) is 5.91 Å². The Labute approximate surface area is 108 Å². The van der Waals surface area contributed by atoms with Gasteiger partial charge in [0.15, 0.2) is 0 Å². The van der Waals surface area contributed by atoms with E-state index in [9.17, 15) is 9.59 Å². The second-order valence-electron chi connectivity index (χ2n) is 4.80. The largest absolute Gasteiger partial charge is 0.339 e. The van der Waals surface area contributed by atoms with E-state index in [1.165, 1.54) is 19.3 Å². The number of benzene rings is 1. The second-order valence-corrected chi connectivity index (χ2v) is 4.80. The lowest BCUT2D eigenvalue weighted by Crippen LogP contribution is -2.33. The Morgan fingerprint density at radius 1 is 0.944 bits per heavy atom. The Balaban J connectivity index is 2.05. The fraction of sp³-hybridized carbons (Fsp3) is 0.467. The first-order chi connectivity index (χ1) is 8.81. The lowest BCUT2D eigenvalue weighted by Gasteiger charge is -2.24. The maximum absolute atomic E-state index is 12.3. The van der Waals surface area contributed by atoms with Crippen LogP contribution in [0.25, 0.3) is 0 Å². The highest BCUT2D eigenvalue weighted by atomic mass is 16.2. The summed E-state index contributed by atoms with van der Waals surface area (Å²) in [6.45, 7) is 1.71. The molecule has 1 aliphatic heterocycles. The molecule has 0 bridgehead atoms. The number of rotatable bonds is 2. The summed E-state index contributed by atoms with van der Waals surface area (Å²) in [5.74, 6) is 0.0920. The van der Waals surface area contributed by atoms with Crippen molar-refractivity contribution in [1.82, 2.24) is 4.90 Å². The minimum atomic E-state index is 0.0920. The Bertz CT molecular complexity index is 403. The molecule has 96 valence electrons. The molecule has 1 heterocycles. The smallest absolute Gasteiger partial charge is 0.253 e. The number of nitrogens with zero attached hydrogens (tertiary/aromatic N) is 1. The molecule has 0 aliphatic carbocycles. The fourth-order valence-electron chi connectivity index (χ4n) is 2.34. The van der Waals surface area contributed by atoms with E-state index < -0.39 is 0 Å². The van der Waals surface area contributed by atoms with Gasteiger partial charge in [-0.25, -0.2) is 0 Å². The van der Waals surface area contributed by atoms with Crippen LogP contribution in [-0.2, 0) is 0 Å². The maximum atomic E-state index is 12.3. The van der Waals surface area contributed by atoms with Crippen LogP contribution in [0.5, 0.6) is 0 Å². The monoisotopic (exact) mass is 245 g/mol. The molecule has 1 fully saturated rings. The second kappa shape index (κ2) is 6.34. The van der Waals surface area contributed by atoms with Crippen LogP contribution < -0.4 is 0 Å². The third-order valence-corrected chi connectivity index (χ3v) is 3.44. The molecule has 1 amide bonds. The van der Waals surface area contributed by atoms with Crippen LogP contribution in [0.15, 0.2) is 24.3 Å². The Hall–Kier alpha value is -1.64. The fourth-order valence-corrected chi connectivity index (χ4v) is 2.34. The van der Waals surface area contributed by atoms with Gasteiger partial charge in [-0.3, -0.25) is 9.59 Å². The Kier molecular flexibility index (Phi) is 4.51. The van der Waals surface area contributed by atoms with Crippen LogP contribution in [0.2, 0.25) is 0 Å². The van der Waals surface area contributed by atoms with Gasteiger partial charge in [-0.05, 0) is 25.0 Å². The summed E-state index contributed by atoms with van der Waals surface area (Å²) in [5.41, 5.74) is 1.29. The van der Waals surface area contributed by atoms with Crippen LogP contribution in [-0.4, -0.2) is 30.2 Å². The number of carbonyl (C=O) groups is 2. The predicted molar refractivity (Wildman–Crippen MR) is 70.8 cm³/mol. The summed E-state index contributed by atoms with van der Waals surface area (Å²) in [7, 11) is 0. The van der Waals surface area contributed by atoms with Crippen molar-refractivity contribution in [2.45, 2.75) is 32.1 Å². The maximum Gasteiger partial charge on any atom is 0.253 e. The first kappa shape index (κ1) is 12.8. The van der Waals surface area contributed by atoms with E-state index in [1.807, 2.05) is 4.90 Å². The lowest BCUT2D eigenvalue weighted by molar-refractivity contribution is 0.0742. The molecule has 2 rings (SSSR count). The lowest BCUT2D eigenvalue weighted by atomic mass is 10.1. The van der Waals surface area contributed by atoms with Crippen LogP contribution in [0.3, 0.4) is 0 Å². The van der Waals surface area contributed by atoms with Crippen molar-refractivity contribution in [3.63, 3.8) is 0 Å². The minimum absolute atomic E-state index is 0.0920. The summed E-state index contributed by atoms with van der Waals surface area (Å²) in [5, 5.41) is 0. The van der Waals surface area contributed by atoms with Crippen LogP contribution in [0.4, 0.5) is 0 Å². The van der Waals surface area contributed by atoms with Gasteiger partial charge >= 0.3 is 0 Å². The molecule has 0 unspecified atom stereocenters. The molecule has 1 aromatic carbocycles. The van der Waals surface area contributed by atoms with E-state index in [0.717, 1.165) is 32.2 Å². The molecule has 1 aliphatic rings. The summed E-state index contributed by atoms with van der Waals surface area (Å²) in [4.78, 5) is 24.8. The van der Waals surface area contributed by atoms with Crippen molar-refractivity contribution in [2.24, 2.45) is 0 Å². The zero-order valence-corrected chi connectivity index (χ0v) is 10.6. The van der Waals surface area contributed by atoms with Gasteiger partial charge in [0, 0.05) is 24.2 Å². The van der Waals surface area contributed by atoms with Crippen molar-refractivity contribution in [1.29, 1.82) is 0 Å². The third kappa shape index (κ3) is 3.19. The molecule has 0 saturated carbocycles. The molecule has 3 nitrogen and oxygen atoms in total. The van der Waals surface area contributed by atoms with Crippen molar-refractivity contribution < 1.29 is 9.59 Å². The number of hydrogen-bond donors (Lipinski definition) is 0. The molecule has 0 atom stereocenters. The molecule has 0 spiro atoms. The standard InChI is InChI=1S/C15H19NO2/c17-12-13-6-8-14(9-7-13)15(18)16-10-4-2-1-3-5-11-16/h6-9,12H,1-5,10-11H2. The van der Waals surface area contributed by atoms with Crippen LogP contribution in [0, 0.1) is 0 Å². The summed E-state index contributed by atoms with van der Waals surface area (Å²) in [6, 6.07) is 6.88. The highest BCUT2D eigenvalue weighted by Crippen LogP contribution is 2.14. The zero-order chi connectivity index (χ0) is 12.8. The average Bonchev–Trinajstić information content (AvgIpc) is 2.38. The van der Waals surface area contributed by atoms with Crippen molar-refractivity contribution in [2.75, 3.05) is 13.1 Å². The van der Waals surface area contributed by atoms with Gasteiger partial charge < -0.3 is 4.90 Å². The van der Waals surface area contributed by atoms with Crippen molar-refractivity contribution >= 4 is 12.2 Å². The number of hydrogen-bond acceptors (Lipinski definition) is 2. The number of carbonyl (C=O) groups excluding carboxylic acids is 2. The van der Waals surface area contributed by atoms with Gasteiger partial charge in [0.1, 0.15) is 6.29 Å². The van der Waals surface area contributed by atoms with E-state index in [4.69, 9.17) is 0 Å². The summed E-state index contributed by atoms with van der Waals surface area (Å²) >= 11 is 0. The number of aldehydes is 1. The Morgan fingerprint density at radius 3 is 2.06 bits per heavy atom. The molecule has 0 N–H and O–H groups in total. The highest BCUT2D eigenvalue weighted by Gasteiger charge is 2.16.